The van der Waals surface area contributed by atoms with Gasteiger partial charge in [0, 0.05) is 5.56 Å². The SMILES string of the molecule is COc1ccccc1-c1cc(=S)[nH]c(=O)[nH]1. The smallest absolute Gasteiger partial charge is 0.324 e. The van der Waals surface area contributed by atoms with Crippen LogP contribution in [0.5, 0.6) is 5.75 Å². The van der Waals surface area contributed by atoms with Crippen LogP contribution < -0.4 is 10.4 Å². The number of aromatic nitrogens is 2. The molecule has 0 aliphatic rings. The summed E-state index contributed by atoms with van der Waals surface area (Å²) in [6.07, 6.45) is 0. The minimum atomic E-state index is -0.326. The Kier molecular flexibility index (Phi) is 2.87. The summed E-state index contributed by atoms with van der Waals surface area (Å²) >= 11 is 4.95. The van der Waals surface area contributed by atoms with Crippen molar-refractivity contribution >= 4 is 12.2 Å². The lowest BCUT2D eigenvalue weighted by atomic mass is 10.1. The Morgan fingerprint density at radius 3 is 2.69 bits per heavy atom. The maximum absolute atomic E-state index is 11.3. The van der Waals surface area contributed by atoms with Gasteiger partial charge in [0.1, 0.15) is 10.4 Å². The lowest BCUT2D eigenvalue weighted by Crippen LogP contribution is -2.10. The first-order valence-corrected chi connectivity index (χ1v) is 5.08. The number of para-hydroxylation sites is 1. The standard InChI is InChI=1S/C11H10N2O2S/c1-15-9-5-3-2-4-7(9)8-6-10(16)13-11(14)12-8/h2-6H,1H3,(H2,12,13,14,16). The normalized spacial score (nSPS) is 10.1. The molecule has 0 unspecified atom stereocenters. The van der Waals surface area contributed by atoms with Gasteiger partial charge in [0.15, 0.2) is 0 Å². The van der Waals surface area contributed by atoms with Crippen molar-refractivity contribution in [1.29, 1.82) is 0 Å². The Bertz CT molecular complexity index is 587. The van der Waals surface area contributed by atoms with Crippen LogP contribution in [0.25, 0.3) is 11.3 Å². The number of ether oxygens (including phenoxy) is 1. The zero-order chi connectivity index (χ0) is 11.5. The first-order chi connectivity index (χ1) is 7.70. The van der Waals surface area contributed by atoms with Crippen LogP contribution in [0.4, 0.5) is 0 Å². The molecule has 0 aliphatic heterocycles. The molecule has 2 N–H and O–H groups in total. The van der Waals surface area contributed by atoms with E-state index in [1.807, 2.05) is 24.3 Å². The molecule has 2 rings (SSSR count). The van der Waals surface area contributed by atoms with Crippen molar-refractivity contribution in [2.24, 2.45) is 0 Å². The van der Waals surface area contributed by atoms with E-state index in [1.165, 1.54) is 0 Å². The number of nitrogens with one attached hydrogen (secondary N) is 2. The average Bonchev–Trinajstić information content (AvgIpc) is 2.27. The van der Waals surface area contributed by atoms with Crippen LogP contribution in [-0.4, -0.2) is 17.1 Å². The van der Waals surface area contributed by atoms with E-state index in [4.69, 9.17) is 17.0 Å². The Balaban J connectivity index is 2.67. The van der Waals surface area contributed by atoms with Crippen LogP contribution in [0.2, 0.25) is 0 Å². The highest BCUT2D eigenvalue weighted by atomic mass is 32.1. The van der Waals surface area contributed by atoms with E-state index >= 15 is 0 Å². The minimum Gasteiger partial charge on any atom is -0.496 e. The van der Waals surface area contributed by atoms with Gasteiger partial charge in [0.05, 0.1) is 12.8 Å². The van der Waals surface area contributed by atoms with Gasteiger partial charge in [-0.15, -0.1) is 0 Å². The van der Waals surface area contributed by atoms with Gasteiger partial charge in [-0.1, -0.05) is 24.4 Å². The summed E-state index contributed by atoms with van der Waals surface area (Å²) < 4.78 is 5.61. The second kappa shape index (κ2) is 4.32. The Morgan fingerprint density at radius 2 is 2.00 bits per heavy atom. The molecule has 1 heterocycles. The van der Waals surface area contributed by atoms with Gasteiger partial charge >= 0.3 is 5.69 Å². The van der Waals surface area contributed by atoms with E-state index in [0.29, 0.717) is 16.1 Å². The largest absolute Gasteiger partial charge is 0.496 e. The number of hydrogen-bond acceptors (Lipinski definition) is 3. The van der Waals surface area contributed by atoms with E-state index < -0.39 is 0 Å². The van der Waals surface area contributed by atoms with Gasteiger partial charge in [-0.3, -0.25) is 4.98 Å². The molecule has 0 fully saturated rings. The third kappa shape index (κ3) is 2.04. The van der Waals surface area contributed by atoms with Crippen LogP contribution in [0, 0.1) is 4.64 Å². The molecule has 0 bridgehead atoms. The second-order valence-corrected chi connectivity index (χ2v) is 3.64. The predicted octanol–water partition coefficient (Wildman–Crippen LogP) is 2.11. The molecule has 5 heteroatoms. The Hall–Kier alpha value is -1.88. The highest BCUT2D eigenvalue weighted by Crippen LogP contribution is 2.26. The molecule has 16 heavy (non-hydrogen) atoms. The molecular formula is C11H10N2O2S. The number of methoxy groups -OCH3 is 1. The molecule has 1 aromatic heterocycles. The van der Waals surface area contributed by atoms with Crippen LogP contribution in [-0.2, 0) is 0 Å². The molecular weight excluding hydrogens is 224 g/mol. The zero-order valence-electron chi connectivity index (χ0n) is 8.61. The molecule has 82 valence electrons. The molecule has 1 aromatic carbocycles. The third-order valence-electron chi connectivity index (χ3n) is 2.16. The first-order valence-electron chi connectivity index (χ1n) is 4.68. The maximum atomic E-state index is 11.3. The van der Waals surface area contributed by atoms with Crippen LogP contribution in [0.3, 0.4) is 0 Å². The molecule has 0 aliphatic carbocycles. The molecule has 2 aromatic rings. The molecule has 0 spiro atoms. The Labute approximate surface area is 96.9 Å². The summed E-state index contributed by atoms with van der Waals surface area (Å²) in [6, 6.07) is 9.11. The van der Waals surface area contributed by atoms with Gasteiger partial charge in [0.2, 0.25) is 0 Å². The number of rotatable bonds is 2. The van der Waals surface area contributed by atoms with Crippen molar-refractivity contribution < 1.29 is 4.74 Å². The summed E-state index contributed by atoms with van der Waals surface area (Å²) in [5, 5.41) is 0. The number of H-pyrrole nitrogens is 2. The summed E-state index contributed by atoms with van der Waals surface area (Å²) in [7, 11) is 1.58. The van der Waals surface area contributed by atoms with Crippen LogP contribution in [0.15, 0.2) is 35.1 Å². The van der Waals surface area contributed by atoms with Crippen molar-refractivity contribution in [2.75, 3.05) is 7.11 Å². The lowest BCUT2D eigenvalue weighted by Gasteiger charge is -2.07. The van der Waals surface area contributed by atoms with E-state index in [1.54, 1.807) is 13.2 Å². The number of aromatic amines is 2. The van der Waals surface area contributed by atoms with E-state index in [0.717, 1.165) is 5.56 Å². The molecule has 0 amide bonds. The van der Waals surface area contributed by atoms with Crippen molar-refractivity contribution in [3.8, 4) is 17.0 Å². The van der Waals surface area contributed by atoms with Crippen molar-refractivity contribution in [1.82, 2.24) is 9.97 Å². The first kappa shape index (κ1) is 10.6. The van der Waals surface area contributed by atoms with E-state index in [-0.39, 0.29) is 5.69 Å². The lowest BCUT2D eigenvalue weighted by molar-refractivity contribution is 0.416. The minimum absolute atomic E-state index is 0.326. The fourth-order valence-electron chi connectivity index (χ4n) is 1.48. The highest BCUT2D eigenvalue weighted by molar-refractivity contribution is 7.71. The second-order valence-electron chi connectivity index (χ2n) is 3.20. The number of hydrogen-bond donors (Lipinski definition) is 2. The third-order valence-corrected chi connectivity index (χ3v) is 2.38. The molecule has 0 radical (unpaired) electrons. The van der Waals surface area contributed by atoms with Crippen molar-refractivity contribution in [2.45, 2.75) is 0 Å². The Morgan fingerprint density at radius 1 is 1.25 bits per heavy atom. The number of benzene rings is 1. The van der Waals surface area contributed by atoms with Crippen LogP contribution >= 0.6 is 12.2 Å². The van der Waals surface area contributed by atoms with Crippen molar-refractivity contribution in [3.63, 3.8) is 0 Å². The molecule has 4 nitrogen and oxygen atoms in total. The van der Waals surface area contributed by atoms with E-state index in [9.17, 15) is 4.79 Å². The van der Waals surface area contributed by atoms with Crippen molar-refractivity contribution in [3.05, 3.63) is 45.5 Å². The van der Waals surface area contributed by atoms with Gasteiger partial charge in [-0.2, -0.15) is 0 Å². The topological polar surface area (TPSA) is 57.9 Å². The quantitative estimate of drug-likeness (QED) is 0.782. The van der Waals surface area contributed by atoms with E-state index in [2.05, 4.69) is 9.97 Å². The molecule has 0 saturated heterocycles. The molecule has 0 saturated carbocycles. The van der Waals surface area contributed by atoms with Gasteiger partial charge < -0.3 is 9.72 Å². The monoisotopic (exact) mass is 234 g/mol. The zero-order valence-corrected chi connectivity index (χ0v) is 9.43. The average molecular weight is 234 g/mol. The maximum Gasteiger partial charge on any atom is 0.324 e. The fourth-order valence-corrected chi connectivity index (χ4v) is 1.69. The summed E-state index contributed by atoms with van der Waals surface area (Å²) in [5.74, 6) is 0.693. The van der Waals surface area contributed by atoms with Crippen LogP contribution in [0.1, 0.15) is 0 Å². The summed E-state index contributed by atoms with van der Waals surface area (Å²) in [6.45, 7) is 0. The summed E-state index contributed by atoms with van der Waals surface area (Å²) in [4.78, 5) is 16.4. The summed E-state index contributed by atoms with van der Waals surface area (Å²) in [5.41, 5.74) is 1.13. The van der Waals surface area contributed by atoms with Gasteiger partial charge in [-0.05, 0) is 18.2 Å². The predicted molar refractivity (Wildman–Crippen MR) is 64.2 cm³/mol. The van der Waals surface area contributed by atoms with Gasteiger partial charge in [-0.25, -0.2) is 4.79 Å². The molecule has 0 atom stereocenters. The fraction of sp³-hybridized carbons (Fsp3) is 0.0909. The highest BCUT2D eigenvalue weighted by Gasteiger charge is 2.05. The van der Waals surface area contributed by atoms with Gasteiger partial charge in [0.25, 0.3) is 0 Å².